The molecular weight excluding hydrogens is 428 g/mol. The van der Waals surface area contributed by atoms with Gasteiger partial charge in [-0.1, -0.05) is 12.1 Å². The van der Waals surface area contributed by atoms with Gasteiger partial charge in [0, 0.05) is 29.2 Å². The first kappa shape index (κ1) is 23.0. The molecule has 0 atom stereocenters. The number of nitrogens with two attached hydrogens (primary N) is 1. The SMILES string of the molecule is Cc1ccc(NC(=O)Nc2ccc(C)c(C(=O)c3cn(C(C)C)c4ncnc(N)c34)c2)cc1C. The smallest absolute Gasteiger partial charge is 0.323 e. The first-order valence-electron chi connectivity index (χ1n) is 11.1. The molecule has 0 spiro atoms. The summed E-state index contributed by atoms with van der Waals surface area (Å²) in [5, 5.41) is 6.18. The second-order valence-corrected chi connectivity index (χ2v) is 8.74. The summed E-state index contributed by atoms with van der Waals surface area (Å²) in [6.45, 7) is 9.88. The molecule has 0 aliphatic rings. The third-order valence-electron chi connectivity index (χ3n) is 5.94. The fraction of sp³-hybridized carbons (Fsp3) is 0.231. The van der Waals surface area contributed by atoms with Gasteiger partial charge in [-0.3, -0.25) is 4.79 Å². The van der Waals surface area contributed by atoms with Gasteiger partial charge in [-0.25, -0.2) is 14.8 Å². The average molecular weight is 457 g/mol. The fourth-order valence-corrected chi connectivity index (χ4v) is 3.88. The number of ketones is 1. The van der Waals surface area contributed by atoms with E-state index in [2.05, 4.69) is 20.6 Å². The third-order valence-corrected chi connectivity index (χ3v) is 5.94. The zero-order valence-corrected chi connectivity index (χ0v) is 19.9. The lowest BCUT2D eigenvalue weighted by molar-refractivity contribution is 0.103. The molecule has 2 aromatic heterocycles. The number of aryl methyl sites for hydroxylation is 3. The number of hydrogen-bond donors (Lipinski definition) is 3. The van der Waals surface area contributed by atoms with Gasteiger partial charge in [0.2, 0.25) is 0 Å². The van der Waals surface area contributed by atoms with E-state index in [-0.39, 0.29) is 23.7 Å². The lowest BCUT2D eigenvalue weighted by Gasteiger charge is -2.11. The van der Waals surface area contributed by atoms with Crippen molar-refractivity contribution in [2.75, 3.05) is 16.4 Å². The van der Waals surface area contributed by atoms with Gasteiger partial charge < -0.3 is 20.9 Å². The Hall–Kier alpha value is -4.20. The van der Waals surface area contributed by atoms with Crippen LogP contribution in [0, 0.1) is 20.8 Å². The van der Waals surface area contributed by atoms with E-state index in [1.165, 1.54) is 6.33 Å². The van der Waals surface area contributed by atoms with Crippen molar-refractivity contribution < 1.29 is 9.59 Å². The lowest BCUT2D eigenvalue weighted by Crippen LogP contribution is -2.20. The van der Waals surface area contributed by atoms with E-state index in [0.717, 1.165) is 16.7 Å². The molecule has 2 aromatic carbocycles. The van der Waals surface area contributed by atoms with E-state index in [0.29, 0.717) is 33.5 Å². The Labute approximate surface area is 198 Å². The molecule has 0 bridgehead atoms. The van der Waals surface area contributed by atoms with Crippen molar-refractivity contribution in [2.24, 2.45) is 0 Å². The number of carbonyl (C=O) groups excluding carboxylic acids is 2. The molecule has 0 fully saturated rings. The molecule has 0 saturated carbocycles. The number of hydrogen-bond acceptors (Lipinski definition) is 5. The molecule has 8 nitrogen and oxygen atoms in total. The van der Waals surface area contributed by atoms with Crippen molar-refractivity contribution in [1.29, 1.82) is 0 Å². The molecule has 0 saturated heterocycles. The first-order chi connectivity index (χ1) is 16.2. The number of rotatable bonds is 5. The highest BCUT2D eigenvalue weighted by atomic mass is 16.2. The van der Waals surface area contributed by atoms with Gasteiger partial charge >= 0.3 is 6.03 Å². The van der Waals surface area contributed by atoms with Crippen LogP contribution >= 0.6 is 0 Å². The zero-order chi connectivity index (χ0) is 24.6. The van der Waals surface area contributed by atoms with E-state index < -0.39 is 0 Å². The highest BCUT2D eigenvalue weighted by Gasteiger charge is 2.22. The second kappa shape index (κ2) is 8.97. The van der Waals surface area contributed by atoms with Crippen molar-refractivity contribution in [3.63, 3.8) is 0 Å². The number of nitrogens with one attached hydrogen (secondary N) is 2. The molecule has 0 aliphatic heterocycles. The van der Waals surface area contributed by atoms with Crippen LogP contribution < -0.4 is 16.4 Å². The molecule has 8 heteroatoms. The van der Waals surface area contributed by atoms with Crippen molar-refractivity contribution in [1.82, 2.24) is 14.5 Å². The molecule has 0 radical (unpaired) electrons. The Kier molecular flexibility index (Phi) is 6.06. The zero-order valence-electron chi connectivity index (χ0n) is 19.9. The maximum absolute atomic E-state index is 13.6. The molecule has 4 N–H and O–H groups in total. The molecule has 4 rings (SSSR count). The average Bonchev–Trinajstić information content (AvgIpc) is 3.18. The van der Waals surface area contributed by atoms with E-state index >= 15 is 0 Å². The summed E-state index contributed by atoms with van der Waals surface area (Å²) < 4.78 is 1.91. The number of anilines is 3. The van der Waals surface area contributed by atoms with Crippen LogP contribution in [-0.4, -0.2) is 26.3 Å². The minimum Gasteiger partial charge on any atom is -0.383 e. The summed E-state index contributed by atoms with van der Waals surface area (Å²) in [5.41, 5.74) is 11.9. The van der Waals surface area contributed by atoms with Crippen molar-refractivity contribution in [3.05, 3.63) is 76.7 Å². The molecule has 34 heavy (non-hydrogen) atoms. The number of fused-ring (bicyclic) bond motifs is 1. The van der Waals surface area contributed by atoms with E-state index in [1.54, 1.807) is 24.4 Å². The van der Waals surface area contributed by atoms with Crippen LogP contribution in [0.4, 0.5) is 22.0 Å². The Balaban J connectivity index is 1.64. The summed E-state index contributed by atoms with van der Waals surface area (Å²) in [7, 11) is 0. The maximum Gasteiger partial charge on any atom is 0.323 e. The van der Waals surface area contributed by atoms with Crippen LogP contribution in [-0.2, 0) is 0 Å². The van der Waals surface area contributed by atoms with Gasteiger partial charge in [0.25, 0.3) is 0 Å². The predicted molar refractivity (Wildman–Crippen MR) is 135 cm³/mol. The summed E-state index contributed by atoms with van der Waals surface area (Å²) in [6.07, 6.45) is 3.17. The molecule has 2 heterocycles. The van der Waals surface area contributed by atoms with Crippen molar-refractivity contribution in [2.45, 2.75) is 40.7 Å². The maximum atomic E-state index is 13.6. The van der Waals surface area contributed by atoms with Gasteiger partial charge in [0.05, 0.1) is 10.9 Å². The van der Waals surface area contributed by atoms with Gasteiger partial charge in [0.15, 0.2) is 5.78 Å². The monoisotopic (exact) mass is 456 g/mol. The quantitative estimate of drug-likeness (QED) is 0.348. The Bertz CT molecular complexity index is 1420. The molecular formula is C26H28N6O2. The van der Waals surface area contributed by atoms with Crippen LogP contribution in [0.1, 0.15) is 52.5 Å². The predicted octanol–water partition coefficient (Wildman–Crippen LogP) is 5.39. The van der Waals surface area contributed by atoms with Crippen LogP contribution in [0.3, 0.4) is 0 Å². The third kappa shape index (κ3) is 4.34. The Morgan fingerprint density at radius 3 is 2.18 bits per heavy atom. The minimum absolute atomic E-state index is 0.0848. The van der Waals surface area contributed by atoms with Gasteiger partial charge in [0.1, 0.15) is 17.8 Å². The normalized spacial score (nSPS) is 11.1. The van der Waals surface area contributed by atoms with Crippen molar-refractivity contribution in [3.8, 4) is 0 Å². The highest BCUT2D eigenvalue weighted by molar-refractivity contribution is 6.19. The summed E-state index contributed by atoms with van der Waals surface area (Å²) in [6, 6.07) is 10.7. The van der Waals surface area contributed by atoms with Crippen LogP contribution in [0.15, 0.2) is 48.9 Å². The summed E-state index contributed by atoms with van der Waals surface area (Å²) in [5.74, 6) is 0.0501. The summed E-state index contributed by atoms with van der Waals surface area (Å²) >= 11 is 0. The number of benzene rings is 2. The standard InChI is InChI=1S/C26H28N6O2/c1-14(2)32-12-21(22-24(27)28-13-29-25(22)32)23(33)20-11-19(9-7-16(20)4)31-26(34)30-18-8-6-15(3)17(5)10-18/h6-14H,1-5H3,(H2,27,28,29)(H2,30,31,34). The molecule has 174 valence electrons. The molecule has 0 aliphatic carbocycles. The summed E-state index contributed by atoms with van der Waals surface area (Å²) in [4.78, 5) is 34.6. The number of urea groups is 1. The minimum atomic E-state index is -0.389. The highest BCUT2D eigenvalue weighted by Crippen LogP contribution is 2.30. The largest absolute Gasteiger partial charge is 0.383 e. The van der Waals surface area contributed by atoms with Gasteiger partial charge in [-0.2, -0.15) is 0 Å². The second-order valence-electron chi connectivity index (χ2n) is 8.74. The van der Waals surface area contributed by atoms with E-state index in [1.807, 2.05) is 57.4 Å². The number of amides is 2. The van der Waals surface area contributed by atoms with E-state index in [9.17, 15) is 9.59 Å². The number of aromatic nitrogens is 3. The van der Waals surface area contributed by atoms with Gasteiger partial charge in [-0.05, 0) is 75.6 Å². The topological polar surface area (TPSA) is 115 Å². The van der Waals surface area contributed by atoms with Crippen LogP contribution in [0.25, 0.3) is 11.0 Å². The van der Waals surface area contributed by atoms with Crippen molar-refractivity contribution >= 4 is 40.0 Å². The van der Waals surface area contributed by atoms with Crippen LogP contribution in [0.2, 0.25) is 0 Å². The Morgan fingerprint density at radius 2 is 1.53 bits per heavy atom. The van der Waals surface area contributed by atoms with Crippen LogP contribution in [0.5, 0.6) is 0 Å². The lowest BCUT2D eigenvalue weighted by atomic mass is 9.98. The van der Waals surface area contributed by atoms with E-state index in [4.69, 9.17) is 5.73 Å². The molecule has 2 amide bonds. The van der Waals surface area contributed by atoms with Gasteiger partial charge in [-0.15, -0.1) is 0 Å². The fourth-order valence-electron chi connectivity index (χ4n) is 3.88. The number of nitrogen functional groups attached to an aromatic ring is 1. The number of carbonyl (C=O) groups is 2. The first-order valence-corrected chi connectivity index (χ1v) is 11.1. The number of nitrogens with zero attached hydrogens (tertiary/aromatic N) is 3. The molecule has 4 aromatic rings. The molecule has 0 unspecified atom stereocenters. The Morgan fingerprint density at radius 1 is 0.882 bits per heavy atom.